The van der Waals surface area contributed by atoms with Gasteiger partial charge >= 0.3 is 0 Å². The second kappa shape index (κ2) is 5.37. The van der Waals surface area contributed by atoms with Crippen LogP contribution in [0.3, 0.4) is 0 Å². The van der Waals surface area contributed by atoms with Gasteiger partial charge in [0.25, 0.3) is 0 Å². The highest BCUT2D eigenvalue weighted by atomic mass is 16.1. The third kappa shape index (κ3) is 2.10. The largest absolute Gasteiger partial charge is 0.295 e. The molecule has 0 radical (unpaired) electrons. The summed E-state index contributed by atoms with van der Waals surface area (Å²) >= 11 is 0. The normalized spacial score (nSPS) is 48.5. The van der Waals surface area contributed by atoms with Gasteiger partial charge in [0.2, 0.25) is 0 Å². The number of ketones is 1. The molecule has 1 heteroatoms. The van der Waals surface area contributed by atoms with Crippen molar-refractivity contribution in [2.24, 2.45) is 40.9 Å². The molecule has 23 heavy (non-hydrogen) atoms. The summed E-state index contributed by atoms with van der Waals surface area (Å²) < 4.78 is 0. The van der Waals surface area contributed by atoms with Crippen molar-refractivity contribution in [1.29, 1.82) is 0 Å². The lowest BCUT2D eigenvalue weighted by Crippen LogP contribution is -2.47. The van der Waals surface area contributed by atoms with Crippen LogP contribution in [0.5, 0.6) is 0 Å². The van der Waals surface area contributed by atoms with Crippen LogP contribution in [0, 0.1) is 53.3 Å². The summed E-state index contributed by atoms with van der Waals surface area (Å²) in [7, 11) is 0. The molecule has 4 aliphatic carbocycles. The van der Waals surface area contributed by atoms with E-state index in [9.17, 15) is 4.79 Å². The summed E-state index contributed by atoms with van der Waals surface area (Å²) in [5, 5.41) is 0. The van der Waals surface area contributed by atoms with Gasteiger partial charge in [0.1, 0.15) is 0 Å². The van der Waals surface area contributed by atoms with Gasteiger partial charge < -0.3 is 0 Å². The summed E-state index contributed by atoms with van der Waals surface area (Å²) in [5.41, 5.74) is 1.80. The number of carbonyl (C=O) groups excluding carboxylic acids is 1. The van der Waals surface area contributed by atoms with Crippen LogP contribution < -0.4 is 0 Å². The maximum Gasteiger partial charge on any atom is 0.156 e. The SMILES string of the molecule is C#C[C@H]1CC[C@H]2[C@@H]3CCC4=CC(=O)CC(C=C)[C@@H]4[C@H]3CC[C@]12C. The lowest BCUT2D eigenvalue weighted by molar-refractivity contribution is -0.117. The average molecular weight is 308 g/mol. The summed E-state index contributed by atoms with van der Waals surface area (Å²) in [5.74, 6) is 7.21. The number of allylic oxidation sites excluding steroid dienone is 2. The maximum atomic E-state index is 12.0. The van der Waals surface area contributed by atoms with Gasteiger partial charge in [-0.25, -0.2) is 0 Å². The molecule has 7 atom stereocenters. The van der Waals surface area contributed by atoms with Crippen LogP contribution >= 0.6 is 0 Å². The molecule has 0 aliphatic heterocycles. The maximum absolute atomic E-state index is 12.0. The first-order valence-electron chi connectivity index (χ1n) is 9.40. The molecule has 0 spiro atoms. The van der Waals surface area contributed by atoms with Crippen LogP contribution in [0.15, 0.2) is 24.3 Å². The molecule has 3 fully saturated rings. The fourth-order valence-electron chi connectivity index (χ4n) is 6.84. The Balaban J connectivity index is 1.67. The van der Waals surface area contributed by atoms with Crippen molar-refractivity contribution in [3.05, 3.63) is 24.3 Å². The number of hydrogen-bond donors (Lipinski definition) is 0. The van der Waals surface area contributed by atoms with Crippen molar-refractivity contribution in [3.8, 4) is 12.3 Å². The molecule has 0 N–H and O–H groups in total. The highest BCUT2D eigenvalue weighted by molar-refractivity contribution is 5.91. The summed E-state index contributed by atoms with van der Waals surface area (Å²) in [6.45, 7) is 6.51. The Bertz CT molecular complexity index is 606. The third-order valence-corrected chi connectivity index (χ3v) is 7.90. The van der Waals surface area contributed by atoms with E-state index >= 15 is 0 Å². The van der Waals surface area contributed by atoms with E-state index in [-0.39, 0.29) is 0 Å². The first-order valence-corrected chi connectivity index (χ1v) is 9.40. The predicted molar refractivity (Wildman–Crippen MR) is 93.5 cm³/mol. The van der Waals surface area contributed by atoms with E-state index in [1.165, 1.54) is 37.7 Å². The number of carbonyl (C=O) groups is 1. The van der Waals surface area contributed by atoms with E-state index < -0.39 is 0 Å². The van der Waals surface area contributed by atoms with Crippen LogP contribution in [0.25, 0.3) is 0 Å². The molecule has 0 aromatic heterocycles. The van der Waals surface area contributed by atoms with E-state index in [1.54, 1.807) is 0 Å². The molecule has 4 aliphatic rings. The molecule has 1 nitrogen and oxygen atoms in total. The predicted octanol–water partition coefficient (Wildman–Crippen LogP) is 4.79. The molecule has 4 rings (SSSR count). The average Bonchev–Trinajstić information content (AvgIpc) is 2.89. The number of hydrogen-bond acceptors (Lipinski definition) is 1. The van der Waals surface area contributed by atoms with Gasteiger partial charge in [-0.05, 0) is 79.6 Å². The van der Waals surface area contributed by atoms with E-state index in [1.807, 2.05) is 6.08 Å². The number of rotatable bonds is 1. The number of fused-ring (bicyclic) bond motifs is 5. The topological polar surface area (TPSA) is 17.1 Å². The van der Waals surface area contributed by atoms with Crippen molar-refractivity contribution in [1.82, 2.24) is 0 Å². The smallest absolute Gasteiger partial charge is 0.156 e. The van der Waals surface area contributed by atoms with Gasteiger partial charge in [-0.1, -0.05) is 18.6 Å². The van der Waals surface area contributed by atoms with Gasteiger partial charge in [-0.15, -0.1) is 18.9 Å². The fraction of sp³-hybridized carbons (Fsp3) is 0.682. The minimum absolute atomic E-state index is 0.313. The standard InChI is InChI=1S/C22H28O/c1-4-14-12-17(23)13-15-6-8-18-19(21(14)15)10-11-22(3)16(5-2)7-9-20(18)22/h2,4,13-14,16,18-21H,1,6-12H2,3H3/t14?,16-,18+,19-,20-,21-,22+/m0/s1. The minimum atomic E-state index is 0.313. The lowest BCUT2D eigenvalue weighted by Gasteiger charge is -2.54. The molecule has 1 unspecified atom stereocenters. The second-order valence-electron chi connectivity index (χ2n) is 8.63. The van der Waals surface area contributed by atoms with E-state index in [0.29, 0.717) is 35.4 Å². The Hall–Kier alpha value is -1.29. The second-order valence-corrected chi connectivity index (χ2v) is 8.63. The third-order valence-electron chi connectivity index (χ3n) is 7.90. The molecule has 122 valence electrons. The molecule has 0 amide bonds. The molecule has 0 bridgehead atoms. The van der Waals surface area contributed by atoms with Gasteiger partial charge in [-0.3, -0.25) is 4.79 Å². The van der Waals surface area contributed by atoms with E-state index in [4.69, 9.17) is 6.42 Å². The van der Waals surface area contributed by atoms with Crippen molar-refractivity contribution in [2.45, 2.75) is 51.9 Å². The molecule has 0 heterocycles. The fourth-order valence-corrected chi connectivity index (χ4v) is 6.84. The molecule has 0 aromatic carbocycles. The van der Waals surface area contributed by atoms with Gasteiger partial charge in [0.15, 0.2) is 5.78 Å². The zero-order chi connectivity index (χ0) is 16.2. The Morgan fingerprint density at radius 1 is 1.30 bits per heavy atom. The van der Waals surface area contributed by atoms with Crippen LogP contribution in [0.2, 0.25) is 0 Å². The quantitative estimate of drug-likeness (QED) is 0.503. The number of terminal acetylenes is 1. The van der Waals surface area contributed by atoms with Crippen LogP contribution in [-0.4, -0.2) is 5.78 Å². The first-order chi connectivity index (χ1) is 11.1. The summed E-state index contributed by atoms with van der Waals surface area (Å²) in [6.07, 6.45) is 18.0. The van der Waals surface area contributed by atoms with Crippen LogP contribution in [-0.2, 0) is 4.79 Å². The molecule has 0 saturated heterocycles. The molecule has 3 saturated carbocycles. The minimum Gasteiger partial charge on any atom is -0.295 e. The lowest BCUT2D eigenvalue weighted by atomic mass is 9.50. The molecular weight excluding hydrogens is 280 g/mol. The van der Waals surface area contributed by atoms with Gasteiger partial charge in [-0.2, -0.15) is 0 Å². The van der Waals surface area contributed by atoms with Crippen LogP contribution in [0.1, 0.15) is 51.9 Å². The first kappa shape index (κ1) is 15.3. The van der Waals surface area contributed by atoms with E-state index in [2.05, 4.69) is 25.5 Å². The van der Waals surface area contributed by atoms with Gasteiger partial charge in [0.05, 0.1) is 0 Å². The zero-order valence-electron chi connectivity index (χ0n) is 14.3. The Morgan fingerprint density at radius 2 is 2.13 bits per heavy atom. The Labute approximate surface area is 140 Å². The highest BCUT2D eigenvalue weighted by Gasteiger charge is 2.56. The van der Waals surface area contributed by atoms with Crippen molar-refractivity contribution >= 4 is 5.78 Å². The van der Waals surface area contributed by atoms with Crippen molar-refractivity contribution in [3.63, 3.8) is 0 Å². The Morgan fingerprint density at radius 3 is 2.87 bits per heavy atom. The molecular formula is C22H28O. The monoisotopic (exact) mass is 308 g/mol. The zero-order valence-corrected chi connectivity index (χ0v) is 14.3. The summed E-state index contributed by atoms with van der Waals surface area (Å²) in [6, 6.07) is 0. The van der Waals surface area contributed by atoms with Crippen molar-refractivity contribution < 1.29 is 4.79 Å². The van der Waals surface area contributed by atoms with Gasteiger partial charge in [0, 0.05) is 12.3 Å². The molecule has 0 aromatic rings. The van der Waals surface area contributed by atoms with Crippen molar-refractivity contribution in [2.75, 3.05) is 0 Å². The highest BCUT2D eigenvalue weighted by Crippen LogP contribution is 2.64. The van der Waals surface area contributed by atoms with E-state index in [0.717, 1.165) is 24.2 Å². The summed E-state index contributed by atoms with van der Waals surface area (Å²) in [4.78, 5) is 12.0. The Kier molecular flexibility index (Phi) is 3.56. The van der Waals surface area contributed by atoms with Crippen LogP contribution in [0.4, 0.5) is 0 Å².